The molecule has 0 aliphatic carbocycles. The average Bonchev–Trinajstić information content (AvgIpc) is 2.80. The molecule has 2 aromatic rings. The molecule has 2 N–H and O–H groups in total. The van der Waals surface area contributed by atoms with E-state index in [1.165, 1.54) is 12.3 Å². The summed E-state index contributed by atoms with van der Waals surface area (Å²) >= 11 is 0. The topological polar surface area (TPSA) is 71.1 Å². The second-order valence-corrected chi connectivity index (χ2v) is 4.41. The Morgan fingerprint density at radius 2 is 2.20 bits per heavy atom. The molecule has 20 heavy (non-hydrogen) atoms. The van der Waals surface area contributed by atoms with E-state index in [0.29, 0.717) is 11.3 Å². The van der Waals surface area contributed by atoms with Crippen LogP contribution in [0, 0.1) is 5.82 Å². The maximum absolute atomic E-state index is 13.4. The molecule has 100 valence electrons. The largest absolute Gasteiger partial charge is 0.326 e. The minimum atomic E-state index is -0.598. The quantitative estimate of drug-likeness (QED) is 0.877. The number of rotatable bonds is 2. The second-order valence-electron chi connectivity index (χ2n) is 4.41. The Labute approximate surface area is 113 Å². The van der Waals surface area contributed by atoms with E-state index in [2.05, 4.69) is 15.6 Å². The molecular weight excluding hydrogens is 261 g/mol. The predicted molar refractivity (Wildman–Crippen MR) is 70.9 cm³/mol. The van der Waals surface area contributed by atoms with E-state index in [1.54, 1.807) is 18.2 Å². The summed E-state index contributed by atoms with van der Waals surface area (Å²) in [7, 11) is 0. The van der Waals surface area contributed by atoms with Crippen molar-refractivity contribution in [1.29, 1.82) is 0 Å². The molecule has 0 saturated carbocycles. The van der Waals surface area contributed by atoms with Gasteiger partial charge in [0.2, 0.25) is 5.91 Å². The molecule has 0 radical (unpaired) electrons. The third-order valence-corrected chi connectivity index (χ3v) is 3.01. The first-order valence-electron chi connectivity index (χ1n) is 5.97. The normalized spacial score (nSPS) is 12.8. The molecule has 3 rings (SSSR count). The number of carbonyl (C=O) groups excluding carboxylic acids is 2. The molecule has 1 aliphatic heterocycles. The lowest BCUT2D eigenvalue weighted by atomic mass is 10.1. The van der Waals surface area contributed by atoms with Gasteiger partial charge in [-0.1, -0.05) is 0 Å². The molecule has 0 saturated heterocycles. The van der Waals surface area contributed by atoms with Crippen molar-refractivity contribution >= 4 is 23.2 Å². The first-order valence-corrected chi connectivity index (χ1v) is 5.97. The Balaban J connectivity index is 1.84. The lowest BCUT2D eigenvalue weighted by Gasteiger charge is -2.07. The van der Waals surface area contributed by atoms with E-state index in [1.807, 2.05) is 0 Å². The van der Waals surface area contributed by atoms with Gasteiger partial charge in [-0.3, -0.25) is 14.6 Å². The fraction of sp³-hybridized carbons (Fsp3) is 0.0714. The van der Waals surface area contributed by atoms with Crippen LogP contribution in [0.25, 0.3) is 0 Å². The van der Waals surface area contributed by atoms with Crippen LogP contribution in [0.3, 0.4) is 0 Å². The van der Waals surface area contributed by atoms with Crippen LogP contribution in [-0.4, -0.2) is 16.8 Å². The molecular formula is C14H10FN3O2. The highest BCUT2D eigenvalue weighted by Gasteiger charge is 2.19. The van der Waals surface area contributed by atoms with Gasteiger partial charge < -0.3 is 10.6 Å². The van der Waals surface area contributed by atoms with E-state index in [9.17, 15) is 14.0 Å². The predicted octanol–water partition coefficient (Wildman–Crippen LogP) is 1.97. The first kappa shape index (κ1) is 12.3. The van der Waals surface area contributed by atoms with Crippen LogP contribution in [0.15, 0.2) is 36.7 Å². The molecule has 6 heteroatoms. The van der Waals surface area contributed by atoms with Crippen molar-refractivity contribution in [2.75, 3.05) is 10.6 Å². The number of amides is 2. The Bertz CT molecular complexity index is 715. The van der Waals surface area contributed by atoms with Crippen LogP contribution in [0.1, 0.15) is 15.9 Å². The van der Waals surface area contributed by atoms with Crippen molar-refractivity contribution in [3.8, 4) is 0 Å². The number of pyridine rings is 1. The smallest absolute Gasteiger partial charge is 0.255 e. The van der Waals surface area contributed by atoms with E-state index < -0.39 is 11.7 Å². The summed E-state index contributed by atoms with van der Waals surface area (Å²) in [6.45, 7) is 0. The number of halogens is 1. The number of nitrogens with zero attached hydrogens (tertiary/aromatic N) is 1. The van der Waals surface area contributed by atoms with Crippen LogP contribution in [0.2, 0.25) is 0 Å². The van der Waals surface area contributed by atoms with Crippen molar-refractivity contribution in [3.63, 3.8) is 0 Å². The Morgan fingerprint density at radius 1 is 1.35 bits per heavy atom. The van der Waals surface area contributed by atoms with Gasteiger partial charge in [-0.15, -0.1) is 0 Å². The fourth-order valence-electron chi connectivity index (χ4n) is 2.04. The van der Waals surface area contributed by atoms with Crippen LogP contribution >= 0.6 is 0 Å². The van der Waals surface area contributed by atoms with Crippen LogP contribution < -0.4 is 10.6 Å². The zero-order valence-electron chi connectivity index (χ0n) is 10.3. The molecule has 0 atom stereocenters. The number of carbonyl (C=O) groups is 2. The zero-order valence-corrected chi connectivity index (χ0v) is 10.3. The maximum Gasteiger partial charge on any atom is 0.255 e. The average molecular weight is 271 g/mol. The van der Waals surface area contributed by atoms with Gasteiger partial charge in [0.1, 0.15) is 0 Å². The molecule has 0 spiro atoms. The van der Waals surface area contributed by atoms with E-state index >= 15 is 0 Å². The summed E-state index contributed by atoms with van der Waals surface area (Å²) < 4.78 is 13.4. The van der Waals surface area contributed by atoms with E-state index in [4.69, 9.17) is 0 Å². The Morgan fingerprint density at radius 3 is 3.00 bits per heavy atom. The minimum Gasteiger partial charge on any atom is -0.326 e. The maximum atomic E-state index is 13.4. The van der Waals surface area contributed by atoms with Crippen LogP contribution in [0.4, 0.5) is 15.8 Å². The molecule has 2 heterocycles. The van der Waals surface area contributed by atoms with Gasteiger partial charge in [-0.2, -0.15) is 0 Å². The summed E-state index contributed by atoms with van der Waals surface area (Å²) in [4.78, 5) is 26.9. The summed E-state index contributed by atoms with van der Waals surface area (Å²) in [6, 6.07) is 6.25. The molecule has 1 aromatic heterocycles. The van der Waals surface area contributed by atoms with Gasteiger partial charge in [0.15, 0.2) is 5.82 Å². The van der Waals surface area contributed by atoms with Gasteiger partial charge >= 0.3 is 0 Å². The fourth-order valence-corrected chi connectivity index (χ4v) is 2.04. The third kappa shape index (κ3) is 2.23. The number of nitrogens with one attached hydrogen (secondary N) is 2. The van der Waals surface area contributed by atoms with Crippen molar-refractivity contribution in [2.24, 2.45) is 0 Å². The lowest BCUT2D eigenvalue weighted by Crippen LogP contribution is -2.13. The van der Waals surface area contributed by atoms with Crippen molar-refractivity contribution in [1.82, 2.24) is 4.98 Å². The Kier molecular flexibility index (Phi) is 2.90. The third-order valence-electron chi connectivity index (χ3n) is 3.01. The lowest BCUT2D eigenvalue weighted by molar-refractivity contribution is -0.115. The first-order chi connectivity index (χ1) is 9.63. The summed E-state index contributed by atoms with van der Waals surface area (Å²) in [5.74, 6) is -1.13. The molecule has 0 unspecified atom stereocenters. The molecule has 5 nitrogen and oxygen atoms in total. The Hall–Kier alpha value is -2.76. The minimum absolute atomic E-state index is 0.0692. The highest BCUT2D eigenvalue weighted by atomic mass is 19.1. The summed E-state index contributed by atoms with van der Waals surface area (Å²) in [6.07, 6.45) is 2.67. The van der Waals surface area contributed by atoms with Crippen LogP contribution in [0.5, 0.6) is 0 Å². The summed E-state index contributed by atoms with van der Waals surface area (Å²) in [5, 5.41) is 5.15. The van der Waals surface area contributed by atoms with Crippen molar-refractivity contribution < 1.29 is 14.0 Å². The van der Waals surface area contributed by atoms with E-state index in [-0.39, 0.29) is 18.0 Å². The second kappa shape index (κ2) is 4.73. The number of anilines is 2. The number of hydrogen-bond acceptors (Lipinski definition) is 3. The molecule has 1 aliphatic rings. The molecule has 2 amide bonds. The molecule has 1 aromatic carbocycles. The van der Waals surface area contributed by atoms with Gasteiger partial charge in [-0.05, 0) is 29.8 Å². The van der Waals surface area contributed by atoms with Gasteiger partial charge in [0, 0.05) is 17.4 Å². The molecule has 0 fully saturated rings. The highest BCUT2D eigenvalue weighted by Crippen LogP contribution is 2.24. The number of benzene rings is 1. The monoisotopic (exact) mass is 271 g/mol. The van der Waals surface area contributed by atoms with Gasteiger partial charge in [0.25, 0.3) is 5.91 Å². The standard InChI is InChI=1S/C14H10FN3O2/c15-10-7-16-4-3-12(10)18-14(20)8-1-2-11-9(5-8)6-13(19)17-11/h1-5,7H,6H2,(H,17,19)(H,16,18,20). The van der Waals surface area contributed by atoms with Crippen molar-refractivity contribution in [3.05, 3.63) is 53.6 Å². The van der Waals surface area contributed by atoms with Crippen LogP contribution in [-0.2, 0) is 11.2 Å². The highest BCUT2D eigenvalue weighted by molar-refractivity contribution is 6.06. The van der Waals surface area contributed by atoms with Gasteiger partial charge in [0.05, 0.1) is 18.3 Å². The number of hydrogen-bond donors (Lipinski definition) is 2. The van der Waals surface area contributed by atoms with E-state index in [0.717, 1.165) is 11.8 Å². The zero-order chi connectivity index (χ0) is 14.1. The SMILES string of the molecule is O=C1Cc2cc(C(=O)Nc3ccncc3F)ccc2N1. The summed E-state index contributed by atoms with van der Waals surface area (Å²) in [5.41, 5.74) is 1.91. The number of fused-ring (bicyclic) bond motifs is 1. The van der Waals surface area contributed by atoms with Crippen molar-refractivity contribution in [2.45, 2.75) is 6.42 Å². The molecule has 0 bridgehead atoms. The number of aromatic nitrogens is 1. The van der Waals surface area contributed by atoms with Gasteiger partial charge in [-0.25, -0.2) is 4.39 Å².